The number of carboxylic acid groups (broad SMARTS) is 1. The van der Waals surface area contributed by atoms with Crippen LogP contribution in [-0.2, 0) is 0 Å². The molecule has 88 valence electrons. The van der Waals surface area contributed by atoms with Crippen LogP contribution in [0.15, 0.2) is 24.4 Å². The third-order valence-corrected chi connectivity index (χ3v) is 2.44. The lowest BCUT2D eigenvalue weighted by Gasteiger charge is -2.06. The van der Waals surface area contributed by atoms with Crippen LogP contribution >= 0.6 is 0 Å². The summed E-state index contributed by atoms with van der Waals surface area (Å²) in [6.07, 6.45) is 1.67. The molecule has 1 aromatic carbocycles. The number of carbonyl (C=O) groups is 1. The van der Waals surface area contributed by atoms with E-state index in [0.717, 1.165) is 17.1 Å². The SMILES string of the molecule is COc1ccc(-c2cnc(C)[nH]2)cc1C(=O)O. The molecular formula is C12H12N2O3. The highest BCUT2D eigenvalue weighted by Crippen LogP contribution is 2.25. The lowest BCUT2D eigenvalue weighted by Crippen LogP contribution is -2.00. The summed E-state index contributed by atoms with van der Waals surface area (Å²) in [6, 6.07) is 4.99. The lowest BCUT2D eigenvalue weighted by molar-refractivity contribution is 0.0693. The van der Waals surface area contributed by atoms with E-state index >= 15 is 0 Å². The molecule has 0 bridgehead atoms. The van der Waals surface area contributed by atoms with Crippen LogP contribution in [0.1, 0.15) is 16.2 Å². The van der Waals surface area contributed by atoms with Crippen molar-refractivity contribution in [2.75, 3.05) is 7.11 Å². The highest BCUT2D eigenvalue weighted by atomic mass is 16.5. The molecule has 0 fully saturated rings. The zero-order valence-corrected chi connectivity index (χ0v) is 9.52. The number of rotatable bonds is 3. The molecule has 0 spiro atoms. The number of hydrogen-bond acceptors (Lipinski definition) is 3. The Bertz CT molecular complexity index is 561. The quantitative estimate of drug-likeness (QED) is 0.849. The summed E-state index contributed by atoms with van der Waals surface area (Å²) in [4.78, 5) is 18.2. The van der Waals surface area contributed by atoms with Gasteiger partial charge in [0.25, 0.3) is 0 Å². The molecule has 0 aliphatic heterocycles. The molecule has 17 heavy (non-hydrogen) atoms. The molecule has 0 unspecified atom stereocenters. The minimum atomic E-state index is -1.01. The average molecular weight is 232 g/mol. The van der Waals surface area contributed by atoms with Gasteiger partial charge in [-0.25, -0.2) is 9.78 Å². The van der Waals surface area contributed by atoms with E-state index in [0.29, 0.717) is 5.75 Å². The molecule has 0 saturated carbocycles. The number of methoxy groups -OCH3 is 1. The van der Waals surface area contributed by atoms with E-state index in [-0.39, 0.29) is 5.56 Å². The van der Waals surface area contributed by atoms with Crippen LogP contribution in [0.4, 0.5) is 0 Å². The summed E-state index contributed by atoms with van der Waals surface area (Å²) >= 11 is 0. The molecule has 0 radical (unpaired) electrons. The van der Waals surface area contributed by atoms with Gasteiger partial charge in [-0.3, -0.25) is 0 Å². The zero-order chi connectivity index (χ0) is 12.4. The second-order valence-electron chi connectivity index (χ2n) is 3.60. The Labute approximate surface area is 98.1 Å². The summed E-state index contributed by atoms with van der Waals surface area (Å²) in [6.45, 7) is 1.84. The van der Waals surface area contributed by atoms with Gasteiger partial charge < -0.3 is 14.8 Å². The largest absolute Gasteiger partial charge is 0.496 e. The predicted octanol–water partition coefficient (Wildman–Crippen LogP) is 2.09. The van der Waals surface area contributed by atoms with E-state index in [1.165, 1.54) is 7.11 Å². The molecular weight excluding hydrogens is 220 g/mol. The van der Waals surface area contributed by atoms with Gasteiger partial charge in [0.2, 0.25) is 0 Å². The van der Waals surface area contributed by atoms with Crippen LogP contribution < -0.4 is 4.74 Å². The molecule has 2 aromatic rings. The molecule has 2 rings (SSSR count). The number of ether oxygens (including phenoxy) is 1. The number of hydrogen-bond donors (Lipinski definition) is 2. The number of carboxylic acids is 1. The van der Waals surface area contributed by atoms with Crippen molar-refractivity contribution in [1.29, 1.82) is 0 Å². The van der Waals surface area contributed by atoms with Crippen molar-refractivity contribution < 1.29 is 14.6 Å². The fraction of sp³-hybridized carbons (Fsp3) is 0.167. The van der Waals surface area contributed by atoms with Crippen LogP contribution in [0.5, 0.6) is 5.75 Å². The first kappa shape index (κ1) is 11.2. The van der Waals surface area contributed by atoms with Gasteiger partial charge in [0.15, 0.2) is 0 Å². The zero-order valence-electron chi connectivity index (χ0n) is 9.52. The lowest BCUT2D eigenvalue weighted by atomic mass is 10.1. The fourth-order valence-electron chi connectivity index (χ4n) is 1.61. The minimum Gasteiger partial charge on any atom is -0.496 e. The van der Waals surface area contributed by atoms with Crippen LogP contribution in [0.3, 0.4) is 0 Å². The highest BCUT2D eigenvalue weighted by molar-refractivity contribution is 5.92. The van der Waals surface area contributed by atoms with Gasteiger partial charge in [0, 0.05) is 5.56 Å². The Morgan fingerprint density at radius 1 is 1.47 bits per heavy atom. The van der Waals surface area contributed by atoms with Crippen LogP contribution in [-0.4, -0.2) is 28.2 Å². The van der Waals surface area contributed by atoms with Crippen molar-refractivity contribution in [3.63, 3.8) is 0 Å². The molecule has 0 atom stereocenters. The molecule has 0 aliphatic carbocycles. The monoisotopic (exact) mass is 232 g/mol. The van der Waals surface area contributed by atoms with Crippen molar-refractivity contribution in [2.24, 2.45) is 0 Å². The van der Waals surface area contributed by atoms with Crippen molar-refractivity contribution in [2.45, 2.75) is 6.92 Å². The van der Waals surface area contributed by atoms with Crippen molar-refractivity contribution in [3.05, 3.63) is 35.8 Å². The van der Waals surface area contributed by atoms with Gasteiger partial charge in [-0.05, 0) is 25.1 Å². The van der Waals surface area contributed by atoms with Crippen molar-refractivity contribution in [3.8, 4) is 17.0 Å². The van der Waals surface area contributed by atoms with E-state index in [1.54, 1.807) is 24.4 Å². The molecule has 5 nitrogen and oxygen atoms in total. The van der Waals surface area contributed by atoms with Crippen LogP contribution in [0.25, 0.3) is 11.3 Å². The van der Waals surface area contributed by atoms with E-state index in [9.17, 15) is 4.79 Å². The maximum absolute atomic E-state index is 11.1. The number of aromatic amines is 1. The molecule has 1 aromatic heterocycles. The Kier molecular flexibility index (Phi) is 2.82. The molecule has 0 amide bonds. The van der Waals surface area contributed by atoms with Gasteiger partial charge in [-0.2, -0.15) is 0 Å². The van der Waals surface area contributed by atoms with E-state index < -0.39 is 5.97 Å². The first-order valence-electron chi connectivity index (χ1n) is 5.05. The second-order valence-corrected chi connectivity index (χ2v) is 3.60. The van der Waals surface area contributed by atoms with E-state index in [1.807, 2.05) is 6.92 Å². The summed E-state index contributed by atoms with van der Waals surface area (Å²) in [5.41, 5.74) is 1.69. The summed E-state index contributed by atoms with van der Waals surface area (Å²) < 4.78 is 5.00. The van der Waals surface area contributed by atoms with Crippen molar-refractivity contribution >= 4 is 5.97 Å². The maximum atomic E-state index is 11.1. The second kappa shape index (κ2) is 4.29. The van der Waals surface area contributed by atoms with Gasteiger partial charge in [-0.15, -0.1) is 0 Å². The van der Waals surface area contributed by atoms with Gasteiger partial charge in [-0.1, -0.05) is 0 Å². The maximum Gasteiger partial charge on any atom is 0.339 e. The predicted molar refractivity (Wildman–Crippen MR) is 62.3 cm³/mol. The van der Waals surface area contributed by atoms with Gasteiger partial charge >= 0.3 is 5.97 Å². The summed E-state index contributed by atoms with van der Waals surface area (Å²) in [7, 11) is 1.45. The average Bonchev–Trinajstić information content (AvgIpc) is 2.75. The molecule has 2 N–H and O–H groups in total. The van der Waals surface area contributed by atoms with Gasteiger partial charge in [0.05, 0.1) is 19.0 Å². The normalized spacial score (nSPS) is 10.2. The number of nitrogens with one attached hydrogen (secondary N) is 1. The molecule has 0 aliphatic rings. The van der Waals surface area contributed by atoms with Gasteiger partial charge in [0.1, 0.15) is 17.1 Å². The van der Waals surface area contributed by atoms with Crippen LogP contribution in [0.2, 0.25) is 0 Å². The number of aryl methyl sites for hydroxylation is 1. The third kappa shape index (κ3) is 2.13. The number of aromatic carboxylic acids is 1. The minimum absolute atomic E-state index is 0.136. The Hall–Kier alpha value is -2.30. The van der Waals surface area contributed by atoms with Crippen molar-refractivity contribution in [1.82, 2.24) is 9.97 Å². The third-order valence-electron chi connectivity index (χ3n) is 2.44. The number of benzene rings is 1. The smallest absolute Gasteiger partial charge is 0.339 e. The van der Waals surface area contributed by atoms with Crippen LogP contribution in [0, 0.1) is 6.92 Å². The molecule has 1 heterocycles. The Morgan fingerprint density at radius 3 is 2.76 bits per heavy atom. The topological polar surface area (TPSA) is 75.2 Å². The summed E-state index contributed by atoms with van der Waals surface area (Å²) in [5, 5.41) is 9.07. The standard InChI is InChI=1S/C12H12N2O3/c1-7-13-6-10(14-7)8-3-4-11(17-2)9(5-8)12(15)16/h3-6H,1-2H3,(H,13,14)(H,15,16). The first-order chi connectivity index (χ1) is 8.11. The number of nitrogens with zero attached hydrogens (tertiary/aromatic N) is 1. The number of H-pyrrole nitrogens is 1. The highest BCUT2D eigenvalue weighted by Gasteiger charge is 2.12. The van der Waals surface area contributed by atoms with E-state index in [4.69, 9.17) is 9.84 Å². The summed E-state index contributed by atoms with van der Waals surface area (Å²) in [5.74, 6) is 0.116. The fourth-order valence-corrected chi connectivity index (χ4v) is 1.61. The Balaban J connectivity index is 2.50. The molecule has 0 saturated heterocycles. The number of aromatic nitrogens is 2. The molecule has 5 heteroatoms. The number of imidazole rings is 1. The van der Waals surface area contributed by atoms with E-state index in [2.05, 4.69) is 9.97 Å². The first-order valence-corrected chi connectivity index (χ1v) is 5.05. The Morgan fingerprint density at radius 2 is 2.24 bits per heavy atom.